The smallest absolute Gasteiger partial charge is 0.376 e. The molecule has 2 rings (SSSR count). The fourth-order valence-corrected chi connectivity index (χ4v) is 1.79. The first-order valence-corrected chi connectivity index (χ1v) is 5.71. The molecule has 0 atom stereocenters. The van der Waals surface area contributed by atoms with E-state index in [1.807, 2.05) is 0 Å². The van der Waals surface area contributed by atoms with Gasteiger partial charge in [0.25, 0.3) is 0 Å². The van der Waals surface area contributed by atoms with E-state index in [9.17, 15) is 14.9 Å². The number of rotatable bonds is 4. The molecule has 1 aromatic heterocycles. The fourth-order valence-electron chi connectivity index (χ4n) is 1.79. The molecule has 1 aromatic carbocycles. The molecule has 8 nitrogen and oxygen atoms in total. The number of nitro benzene ring substituents is 1. The summed E-state index contributed by atoms with van der Waals surface area (Å²) in [6, 6.07) is 2.52. The van der Waals surface area contributed by atoms with Crippen LogP contribution in [0.2, 0.25) is 0 Å². The summed E-state index contributed by atoms with van der Waals surface area (Å²) in [7, 11) is 1.30. The highest BCUT2D eigenvalue weighted by Crippen LogP contribution is 2.37. The zero-order chi connectivity index (χ0) is 14.9. The molecule has 0 aliphatic heterocycles. The molecule has 106 valence electrons. The molecular weight excluding hydrogens is 268 g/mol. The normalized spacial score (nSPS) is 10.5. The van der Waals surface area contributed by atoms with Gasteiger partial charge in [0.1, 0.15) is 5.58 Å². The largest absolute Gasteiger partial charge is 0.490 e. The summed E-state index contributed by atoms with van der Waals surface area (Å²) >= 11 is 0. The number of nitro groups is 1. The summed E-state index contributed by atoms with van der Waals surface area (Å²) in [6.07, 6.45) is 0. The van der Waals surface area contributed by atoms with Crippen molar-refractivity contribution in [3.05, 3.63) is 28.0 Å². The highest BCUT2D eigenvalue weighted by molar-refractivity contribution is 6.04. The lowest BCUT2D eigenvalue weighted by Gasteiger charge is -2.00. The summed E-state index contributed by atoms with van der Waals surface area (Å²) in [4.78, 5) is 22.0. The van der Waals surface area contributed by atoms with E-state index in [0.717, 1.165) is 6.07 Å². The van der Waals surface area contributed by atoms with Crippen molar-refractivity contribution < 1.29 is 23.6 Å². The Balaban J connectivity index is 2.65. The average Bonchev–Trinajstić information content (AvgIpc) is 2.74. The monoisotopic (exact) mass is 280 g/mol. The van der Waals surface area contributed by atoms with Gasteiger partial charge in [-0.1, -0.05) is 0 Å². The number of benzene rings is 1. The average molecular weight is 280 g/mol. The number of anilines is 1. The number of furan rings is 1. The van der Waals surface area contributed by atoms with Gasteiger partial charge in [-0.05, 0) is 6.92 Å². The van der Waals surface area contributed by atoms with Gasteiger partial charge >= 0.3 is 11.7 Å². The van der Waals surface area contributed by atoms with Crippen molar-refractivity contribution >= 4 is 28.3 Å². The van der Waals surface area contributed by atoms with Crippen LogP contribution >= 0.6 is 0 Å². The molecule has 0 fully saturated rings. The highest BCUT2D eigenvalue weighted by atomic mass is 16.6. The molecule has 0 amide bonds. The summed E-state index contributed by atoms with van der Waals surface area (Å²) in [5.41, 5.74) is 5.71. The molecule has 0 saturated heterocycles. The summed E-state index contributed by atoms with van der Waals surface area (Å²) in [5.74, 6) is -0.863. The van der Waals surface area contributed by atoms with Crippen LogP contribution in [-0.4, -0.2) is 24.6 Å². The summed E-state index contributed by atoms with van der Waals surface area (Å²) in [6.45, 7) is 1.81. The van der Waals surface area contributed by atoms with Crippen LogP contribution in [0.25, 0.3) is 11.0 Å². The Morgan fingerprint density at radius 1 is 1.50 bits per heavy atom. The van der Waals surface area contributed by atoms with Crippen molar-refractivity contribution in [1.82, 2.24) is 0 Å². The first-order chi connectivity index (χ1) is 9.49. The van der Waals surface area contributed by atoms with E-state index < -0.39 is 10.9 Å². The van der Waals surface area contributed by atoms with Gasteiger partial charge < -0.3 is 19.6 Å². The number of carbonyl (C=O) groups excluding carboxylic acids is 1. The number of nitrogen functional groups attached to an aromatic ring is 1. The second kappa shape index (κ2) is 5.08. The second-order valence-electron chi connectivity index (χ2n) is 3.84. The van der Waals surface area contributed by atoms with Gasteiger partial charge in [-0.3, -0.25) is 10.1 Å². The van der Waals surface area contributed by atoms with Crippen molar-refractivity contribution in [3.63, 3.8) is 0 Å². The van der Waals surface area contributed by atoms with Crippen molar-refractivity contribution in [2.24, 2.45) is 0 Å². The Kier molecular flexibility index (Phi) is 3.47. The lowest BCUT2D eigenvalue weighted by atomic mass is 10.2. The zero-order valence-electron chi connectivity index (χ0n) is 10.8. The first-order valence-electron chi connectivity index (χ1n) is 5.71. The maximum absolute atomic E-state index is 11.6. The van der Waals surface area contributed by atoms with Crippen LogP contribution < -0.4 is 10.5 Å². The van der Waals surface area contributed by atoms with Crippen LogP contribution in [0.1, 0.15) is 17.5 Å². The molecule has 0 bridgehead atoms. The van der Waals surface area contributed by atoms with Gasteiger partial charge in [-0.25, -0.2) is 4.79 Å². The molecule has 20 heavy (non-hydrogen) atoms. The van der Waals surface area contributed by atoms with E-state index in [4.69, 9.17) is 19.6 Å². The predicted octanol–water partition coefficient (Wildman–Crippen LogP) is 2.11. The predicted molar refractivity (Wildman–Crippen MR) is 69.8 cm³/mol. The molecule has 2 aromatic rings. The van der Waals surface area contributed by atoms with E-state index >= 15 is 0 Å². The second-order valence-corrected chi connectivity index (χ2v) is 3.84. The van der Waals surface area contributed by atoms with Gasteiger partial charge in [0.2, 0.25) is 5.76 Å². The summed E-state index contributed by atoms with van der Waals surface area (Å²) < 4.78 is 15.0. The van der Waals surface area contributed by atoms with E-state index in [-0.39, 0.29) is 35.1 Å². The quantitative estimate of drug-likeness (QED) is 0.517. The van der Waals surface area contributed by atoms with E-state index in [1.165, 1.54) is 13.2 Å². The van der Waals surface area contributed by atoms with Crippen molar-refractivity contribution in [2.75, 3.05) is 19.5 Å². The molecule has 0 aliphatic rings. The molecule has 8 heteroatoms. The topological polar surface area (TPSA) is 118 Å². The third-order valence-electron chi connectivity index (χ3n) is 2.69. The Morgan fingerprint density at radius 2 is 2.20 bits per heavy atom. The molecule has 0 saturated carbocycles. The van der Waals surface area contributed by atoms with Crippen LogP contribution in [0, 0.1) is 10.1 Å². The standard InChI is InChI=1S/C12H12N2O6/c1-3-19-12(15)11-10(13)6-4-9(18-2)7(14(16)17)5-8(6)20-11/h4-5H,3,13H2,1-2H3. The van der Waals surface area contributed by atoms with Crippen molar-refractivity contribution in [2.45, 2.75) is 6.92 Å². The zero-order valence-corrected chi connectivity index (χ0v) is 10.8. The molecule has 0 aliphatic carbocycles. The lowest BCUT2D eigenvalue weighted by molar-refractivity contribution is -0.385. The SMILES string of the molecule is CCOC(=O)c1oc2cc([N+](=O)[O-])c(OC)cc2c1N. The van der Waals surface area contributed by atoms with Gasteiger partial charge in [0, 0.05) is 11.5 Å². The number of ether oxygens (including phenoxy) is 2. The Hall–Kier alpha value is -2.77. The van der Waals surface area contributed by atoms with Gasteiger partial charge in [-0.2, -0.15) is 0 Å². The maximum atomic E-state index is 11.6. The molecule has 0 unspecified atom stereocenters. The number of methoxy groups -OCH3 is 1. The van der Waals surface area contributed by atoms with Crippen molar-refractivity contribution in [1.29, 1.82) is 0 Å². The van der Waals surface area contributed by atoms with Crippen LogP contribution in [0.4, 0.5) is 11.4 Å². The Labute approximate surface area is 113 Å². The Morgan fingerprint density at radius 3 is 2.75 bits per heavy atom. The van der Waals surface area contributed by atoms with Gasteiger partial charge in [0.05, 0.1) is 30.4 Å². The number of nitrogens with two attached hydrogens (primary N) is 1. The molecule has 1 heterocycles. The number of hydrogen-bond donors (Lipinski definition) is 1. The number of esters is 1. The van der Waals surface area contributed by atoms with E-state index in [1.54, 1.807) is 6.92 Å². The van der Waals surface area contributed by atoms with Gasteiger partial charge in [-0.15, -0.1) is 0 Å². The third-order valence-corrected chi connectivity index (χ3v) is 2.69. The minimum Gasteiger partial charge on any atom is -0.490 e. The molecule has 0 radical (unpaired) electrons. The number of fused-ring (bicyclic) bond motifs is 1. The van der Waals surface area contributed by atoms with E-state index in [2.05, 4.69) is 0 Å². The van der Waals surface area contributed by atoms with Crippen molar-refractivity contribution in [3.8, 4) is 5.75 Å². The highest BCUT2D eigenvalue weighted by Gasteiger charge is 2.24. The van der Waals surface area contributed by atoms with Crippen LogP contribution in [0.3, 0.4) is 0 Å². The molecule has 0 spiro atoms. The molecule has 2 N–H and O–H groups in total. The number of carbonyl (C=O) groups is 1. The van der Waals surface area contributed by atoms with Crippen LogP contribution in [-0.2, 0) is 4.74 Å². The minimum atomic E-state index is -0.720. The van der Waals surface area contributed by atoms with Crippen LogP contribution in [0.15, 0.2) is 16.5 Å². The van der Waals surface area contributed by atoms with E-state index in [0.29, 0.717) is 5.39 Å². The van der Waals surface area contributed by atoms with Gasteiger partial charge in [0.15, 0.2) is 5.75 Å². The number of nitrogens with zero attached hydrogens (tertiary/aromatic N) is 1. The number of hydrogen-bond acceptors (Lipinski definition) is 7. The summed E-state index contributed by atoms with van der Waals surface area (Å²) in [5, 5.41) is 11.3. The Bertz CT molecular complexity index is 691. The first kappa shape index (κ1) is 13.7. The molecular formula is C12H12N2O6. The lowest BCUT2D eigenvalue weighted by Crippen LogP contribution is -2.05. The third kappa shape index (κ3) is 2.11. The fraction of sp³-hybridized carbons (Fsp3) is 0.250. The maximum Gasteiger partial charge on any atom is 0.376 e. The van der Waals surface area contributed by atoms with Crippen LogP contribution in [0.5, 0.6) is 5.75 Å². The minimum absolute atomic E-state index is 0.0328.